The molecule has 1 aromatic rings. The first-order valence-corrected chi connectivity index (χ1v) is 7.22. The standard InChI is InChI=1S/C16H27N3O.HI/c1-12(2)5-6-18-16(17)19-7-8-20-15-10-13(3)9-14(4)11-15;/h9-12H,5-8H2,1-4H3,(H3,17,18,19);1H. The zero-order valence-electron chi connectivity index (χ0n) is 13.5. The van der Waals surface area contributed by atoms with Gasteiger partial charge in [-0.05, 0) is 49.4 Å². The molecule has 0 fully saturated rings. The van der Waals surface area contributed by atoms with Crippen LogP contribution in [0.5, 0.6) is 5.75 Å². The monoisotopic (exact) mass is 405 g/mol. The van der Waals surface area contributed by atoms with E-state index in [9.17, 15) is 0 Å². The third-order valence-corrected chi connectivity index (χ3v) is 2.86. The van der Waals surface area contributed by atoms with Crippen LogP contribution in [0.25, 0.3) is 0 Å². The van der Waals surface area contributed by atoms with E-state index < -0.39 is 0 Å². The van der Waals surface area contributed by atoms with Crippen molar-refractivity contribution in [1.29, 1.82) is 0 Å². The highest BCUT2D eigenvalue weighted by Crippen LogP contribution is 2.15. The van der Waals surface area contributed by atoms with E-state index in [1.165, 1.54) is 11.1 Å². The largest absolute Gasteiger partial charge is 0.492 e. The zero-order valence-corrected chi connectivity index (χ0v) is 15.8. The molecule has 1 aromatic carbocycles. The lowest BCUT2D eigenvalue weighted by molar-refractivity contribution is 0.322. The second-order valence-corrected chi connectivity index (χ2v) is 5.55. The Labute approximate surface area is 145 Å². The van der Waals surface area contributed by atoms with Crippen molar-refractivity contribution in [2.24, 2.45) is 16.6 Å². The summed E-state index contributed by atoms with van der Waals surface area (Å²) in [5, 5.41) is 3.06. The van der Waals surface area contributed by atoms with Gasteiger partial charge in [-0.2, -0.15) is 0 Å². The highest BCUT2D eigenvalue weighted by molar-refractivity contribution is 14.0. The van der Waals surface area contributed by atoms with Crippen molar-refractivity contribution in [2.75, 3.05) is 19.7 Å². The number of aliphatic imine (C=N–C) groups is 1. The molecular weight excluding hydrogens is 377 g/mol. The van der Waals surface area contributed by atoms with Gasteiger partial charge >= 0.3 is 0 Å². The lowest BCUT2D eigenvalue weighted by atomic mass is 10.1. The van der Waals surface area contributed by atoms with E-state index in [1.54, 1.807) is 0 Å². The van der Waals surface area contributed by atoms with Crippen molar-refractivity contribution < 1.29 is 4.74 Å². The summed E-state index contributed by atoms with van der Waals surface area (Å²) in [5.74, 6) is 2.05. The van der Waals surface area contributed by atoms with Crippen LogP contribution < -0.4 is 15.8 Å². The Morgan fingerprint density at radius 2 is 1.86 bits per heavy atom. The van der Waals surface area contributed by atoms with E-state index >= 15 is 0 Å². The Morgan fingerprint density at radius 3 is 2.43 bits per heavy atom. The summed E-state index contributed by atoms with van der Waals surface area (Å²) in [4.78, 5) is 4.26. The van der Waals surface area contributed by atoms with Crippen molar-refractivity contribution in [3.05, 3.63) is 29.3 Å². The molecule has 0 aliphatic rings. The first-order valence-electron chi connectivity index (χ1n) is 7.22. The minimum atomic E-state index is 0. The third kappa shape index (κ3) is 9.55. The van der Waals surface area contributed by atoms with Crippen molar-refractivity contribution in [3.8, 4) is 5.75 Å². The minimum Gasteiger partial charge on any atom is -0.492 e. The van der Waals surface area contributed by atoms with Crippen LogP contribution in [-0.4, -0.2) is 25.7 Å². The molecule has 120 valence electrons. The molecule has 21 heavy (non-hydrogen) atoms. The van der Waals surface area contributed by atoms with Gasteiger partial charge in [0.1, 0.15) is 12.4 Å². The van der Waals surface area contributed by atoms with Gasteiger partial charge in [-0.3, -0.25) is 4.99 Å². The summed E-state index contributed by atoms with van der Waals surface area (Å²) < 4.78 is 5.69. The highest BCUT2D eigenvalue weighted by Gasteiger charge is 1.98. The fourth-order valence-corrected chi connectivity index (χ4v) is 1.86. The van der Waals surface area contributed by atoms with Crippen LogP contribution in [0.3, 0.4) is 0 Å². The Hall–Kier alpha value is -0.980. The van der Waals surface area contributed by atoms with E-state index in [0.717, 1.165) is 18.7 Å². The molecule has 5 heteroatoms. The molecule has 0 amide bonds. The third-order valence-electron chi connectivity index (χ3n) is 2.86. The topological polar surface area (TPSA) is 59.6 Å². The van der Waals surface area contributed by atoms with Gasteiger partial charge in [-0.1, -0.05) is 19.9 Å². The van der Waals surface area contributed by atoms with Crippen molar-refractivity contribution in [1.82, 2.24) is 5.32 Å². The van der Waals surface area contributed by atoms with Crippen LogP contribution >= 0.6 is 24.0 Å². The van der Waals surface area contributed by atoms with Crippen LogP contribution in [0.4, 0.5) is 0 Å². The number of nitrogens with one attached hydrogen (secondary N) is 1. The summed E-state index contributed by atoms with van der Waals surface area (Å²) >= 11 is 0. The predicted molar refractivity (Wildman–Crippen MR) is 101 cm³/mol. The number of hydrogen-bond donors (Lipinski definition) is 2. The van der Waals surface area contributed by atoms with Crippen molar-refractivity contribution >= 4 is 29.9 Å². The Kier molecular flexibility index (Phi) is 10.2. The number of nitrogens with zero attached hydrogens (tertiary/aromatic N) is 1. The zero-order chi connectivity index (χ0) is 15.0. The molecule has 1 rings (SSSR count). The van der Waals surface area contributed by atoms with Crippen LogP contribution in [0.15, 0.2) is 23.2 Å². The molecule has 0 spiro atoms. The Bertz CT molecular complexity index is 427. The molecule has 0 saturated carbocycles. The van der Waals surface area contributed by atoms with E-state index in [4.69, 9.17) is 10.5 Å². The number of ether oxygens (including phenoxy) is 1. The number of hydrogen-bond acceptors (Lipinski definition) is 2. The molecule has 0 aliphatic heterocycles. The first kappa shape index (κ1) is 20.0. The van der Waals surface area contributed by atoms with E-state index in [0.29, 0.717) is 25.0 Å². The second kappa shape index (κ2) is 10.7. The fourth-order valence-electron chi connectivity index (χ4n) is 1.86. The van der Waals surface area contributed by atoms with Gasteiger partial charge in [0.15, 0.2) is 5.96 Å². The SMILES string of the molecule is Cc1cc(C)cc(OCCNC(N)=NCCC(C)C)c1.I. The maximum absolute atomic E-state index is 5.77. The second-order valence-electron chi connectivity index (χ2n) is 5.55. The Balaban J connectivity index is 0.00000400. The van der Waals surface area contributed by atoms with Gasteiger partial charge in [0.05, 0.1) is 6.54 Å². The van der Waals surface area contributed by atoms with Gasteiger partial charge in [0, 0.05) is 6.54 Å². The maximum atomic E-state index is 5.77. The quantitative estimate of drug-likeness (QED) is 0.317. The molecule has 0 aliphatic carbocycles. The molecule has 0 radical (unpaired) electrons. The van der Waals surface area contributed by atoms with Gasteiger partial charge in [-0.15, -0.1) is 24.0 Å². The van der Waals surface area contributed by atoms with E-state index in [-0.39, 0.29) is 24.0 Å². The number of guanidine groups is 1. The van der Waals surface area contributed by atoms with Crippen LogP contribution in [-0.2, 0) is 0 Å². The first-order chi connectivity index (χ1) is 9.47. The fraction of sp³-hybridized carbons (Fsp3) is 0.562. The summed E-state index contributed by atoms with van der Waals surface area (Å²) in [6.07, 6.45) is 1.06. The summed E-state index contributed by atoms with van der Waals surface area (Å²) in [6, 6.07) is 6.20. The van der Waals surface area contributed by atoms with E-state index in [1.807, 2.05) is 12.1 Å². The smallest absolute Gasteiger partial charge is 0.188 e. The average Bonchev–Trinajstić information content (AvgIpc) is 2.33. The molecule has 3 N–H and O–H groups in total. The van der Waals surface area contributed by atoms with Crippen molar-refractivity contribution in [2.45, 2.75) is 34.1 Å². The van der Waals surface area contributed by atoms with Gasteiger partial charge < -0.3 is 15.8 Å². The van der Waals surface area contributed by atoms with Gasteiger partial charge in [0.25, 0.3) is 0 Å². The molecule has 0 atom stereocenters. The van der Waals surface area contributed by atoms with Crippen molar-refractivity contribution in [3.63, 3.8) is 0 Å². The minimum absolute atomic E-state index is 0. The number of benzene rings is 1. The maximum Gasteiger partial charge on any atom is 0.188 e. The molecule has 0 heterocycles. The molecule has 0 unspecified atom stereocenters. The number of halogens is 1. The molecule has 0 saturated heterocycles. The van der Waals surface area contributed by atoms with E-state index in [2.05, 4.69) is 44.1 Å². The summed E-state index contributed by atoms with van der Waals surface area (Å²) in [5.41, 5.74) is 8.19. The normalized spacial score (nSPS) is 11.2. The lowest BCUT2D eigenvalue weighted by Gasteiger charge is -2.10. The van der Waals surface area contributed by atoms with Crippen LogP contribution in [0.2, 0.25) is 0 Å². The summed E-state index contributed by atoms with van der Waals surface area (Å²) in [7, 11) is 0. The van der Waals surface area contributed by atoms with Crippen LogP contribution in [0, 0.1) is 19.8 Å². The predicted octanol–water partition coefficient (Wildman–Crippen LogP) is 3.25. The van der Waals surface area contributed by atoms with Gasteiger partial charge in [0.2, 0.25) is 0 Å². The average molecular weight is 405 g/mol. The lowest BCUT2D eigenvalue weighted by Crippen LogP contribution is -2.34. The number of aryl methyl sites for hydroxylation is 2. The summed E-state index contributed by atoms with van der Waals surface area (Å²) in [6.45, 7) is 10.5. The van der Waals surface area contributed by atoms with Gasteiger partial charge in [-0.25, -0.2) is 0 Å². The number of rotatable bonds is 7. The molecular formula is C16H28IN3O. The number of nitrogens with two attached hydrogens (primary N) is 1. The molecule has 0 bridgehead atoms. The Morgan fingerprint density at radius 1 is 1.24 bits per heavy atom. The molecule has 4 nitrogen and oxygen atoms in total. The highest BCUT2D eigenvalue weighted by atomic mass is 127. The molecule has 0 aromatic heterocycles. The van der Waals surface area contributed by atoms with Crippen LogP contribution in [0.1, 0.15) is 31.4 Å².